The number of phenols is 2. The minimum atomic E-state index is -4.33. The van der Waals surface area contributed by atoms with Gasteiger partial charge in [-0.1, -0.05) is 12.1 Å². The molecule has 0 amide bonds. The van der Waals surface area contributed by atoms with Gasteiger partial charge >= 0.3 is 54.2 Å². The van der Waals surface area contributed by atoms with E-state index in [0.29, 0.717) is 0 Å². The summed E-state index contributed by atoms with van der Waals surface area (Å²) in [6.45, 7) is 4.62. The second kappa shape index (κ2) is 17.6. The topological polar surface area (TPSA) is 40.5 Å². The fraction of sp³-hybridized carbons (Fsp3) is 0.118. The van der Waals surface area contributed by atoms with Crippen molar-refractivity contribution < 1.29 is 59.9 Å². The van der Waals surface area contributed by atoms with Gasteiger partial charge in [0.15, 0.2) is 0 Å². The molecule has 0 aliphatic heterocycles. The van der Waals surface area contributed by atoms with E-state index in [4.69, 9.17) is 10.2 Å². The number of halogens is 6. The molecule has 0 unspecified atom stereocenters. The largest absolute Gasteiger partial charge is 0.508 e. The Morgan fingerprint density at radius 2 is 0.818 bits per heavy atom. The number of hydrogen-bond donors (Lipinski definition) is 2. The van der Waals surface area contributed by atoms with Gasteiger partial charge in [-0.25, -0.2) is 0 Å². The quantitative estimate of drug-likeness (QED) is 0.0939. The van der Waals surface area contributed by atoms with Gasteiger partial charge in [-0.15, -0.1) is 59.3 Å². The standard InChI is InChI=1S/2C9H7.2C7H5F3O.C2H6Si.Zr/c2*1-2-5-9-7-3-6-8(9)4-1;2*8-7(9,10)5-1-3-6(11)4-2-5;1-3-2;/h2*1-7H;2*1-4,11H;1-2H3;/q2*-1;;;;+2. The van der Waals surface area contributed by atoms with Crippen LogP contribution < -0.4 is 0 Å². The van der Waals surface area contributed by atoms with E-state index in [1.165, 1.54) is 21.5 Å². The van der Waals surface area contributed by atoms with E-state index in [1.54, 1.807) is 23.3 Å². The van der Waals surface area contributed by atoms with Crippen LogP contribution in [-0.2, 0) is 35.7 Å². The van der Waals surface area contributed by atoms with Crippen molar-refractivity contribution in [1.82, 2.24) is 0 Å². The molecule has 6 rings (SSSR count). The summed E-state index contributed by atoms with van der Waals surface area (Å²) in [5.74, 6) is -0.337. The Morgan fingerprint density at radius 1 is 0.523 bits per heavy atom. The molecule has 0 bridgehead atoms. The Hall–Kier alpha value is -3.62. The maximum absolute atomic E-state index is 11.8. The molecule has 0 fully saturated rings. The van der Waals surface area contributed by atoms with Gasteiger partial charge in [0.05, 0.1) is 11.1 Å². The van der Waals surface area contributed by atoms with Crippen LogP contribution in [0, 0.1) is 0 Å². The van der Waals surface area contributed by atoms with Gasteiger partial charge in [-0.05, 0) is 48.5 Å². The van der Waals surface area contributed by atoms with Crippen molar-refractivity contribution in [1.29, 1.82) is 0 Å². The van der Waals surface area contributed by atoms with E-state index in [2.05, 4.69) is 98.0 Å². The van der Waals surface area contributed by atoms with Crippen LogP contribution in [0.1, 0.15) is 11.1 Å². The summed E-state index contributed by atoms with van der Waals surface area (Å²) in [5, 5.41) is 22.6. The maximum atomic E-state index is 11.8. The molecule has 2 N–H and O–H groups in total. The van der Waals surface area contributed by atoms with Gasteiger partial charge < -0.3 is 10.2 Å². The van der Waals surface area contributed by atoms with Crippen molar-refractivity contribution in [2.24, 2.45) is 0 Å². The zero-order valence-electron chi connectivity index (χ0n) is 23.9. The predicted molar refractivity (Wildman–Crippen MR) is 163 cm³/mol. The maximum Gasteiger partial charge on any atom is 0.416 e. The van der Waals surface area contributed by atoms with Crippen LogP contribution in [0.3, 0.4) is 0 Å². The predicted octanol–water partition coefficient (Wildman–Crippen LogP) is 10.7. The second-order valence-corrected chi connectivity index (χ2v) is 18.8. The minimum Gasteiger partial charge on any atom is -0.508 e. The zero-order valence-corrected chi connectivity index (χ0v) is 27.3. The van der Waals surface area contributed by atoms with Gasteiger partial charge in [0, 0.05) is 0 Å². The third-order valence-electron chi connectivity index (χ3n) is 5.48. The molecule has 6 aromatic rings. The second-order valence-electron chi connectivity index (χ2n) is 9.40. The first-order valence-electron chi connectivity index (χ1n) is 13.1. The van der Waals surface area contributed by atoms with Crippen molar-refractivity contribution in [3.8, 4) is 11.5 Å². The van der Waals surface area contributed by atoms with E-state index in [0.717, 1.165) is 48.5 Å². The first-order valence-corrected chi connectivity index (χ1v) is 19.3. The zero-order chi connectivity index (χ0) is 32.8. The summed E-state index contributed by atoms with van der Waals surface area (Å²) in [5.41, 5.74) is -1.30. The molecule has 0 aromatic heterocycles. The fourth-order valence-corrected chi connectivity index (χ4v) is 3.44. The molecule has 44 heavy (non-hydrogen) atoms. The van der Waals surface area contributed by atoms with Gasteiger partial charge in [0.2, 0.25) is 0 Å². The molecule has 2 nitrogen and oxygen atoms in total. The summed E-state index contributed by atoms with van der Waals surface area (Å²) in [6.07, 6.45) is -8.65. The number of rotatable bonds is 0. The summed E-state index contributed by atoms with van der Waals surface area (Å²) < 4.78 is 71.0. The van der Waals surface area contributed by atoms with E-state index < -0.39 is 23.5 Å². The Kier molecular flexibility index (Phi) is 14.6. The van der Waals surface area contributed by atoms with Gasteiger partial charge in [0.1, 0.15) is 11.5 Å². The molecule has 10 heteroatoms. The van der Waals surface area contributed by atoms with E-state index in [9.17, 15) is 26.3 Å². The van der Waals surface area contributed by atoms with E-state index >= 15 is 0 Å². The fourth-order valence-electron chi connectivity index (χ4n) is 3.44. The number of alkyl halides is 6. The Balaban J connectivity index is 0.000000197. The van der Waals surface area contributed by atoms with Crippen LogP contribution in [0.2, 0.25) is 13.1 Å². The molecule has 0 heterocycles. The molecule has 0 saturated heterocycles. The molecule has 6 aromatic carbocycles. The third-order valence-corrected chi connectivity index (χ3v) is 5.48. The summed E-state index contributed by atoms with van der Waals surface area (Å²) in [7, 11) is 0. The summed E-state index contributed by atoms with van der Waals surface area (Å²) in [6, 6.07) is 36.7. The SMILES string of the molecule is C[Si](C)=[Zr+2].Oc1ccc(C(F)(F)F)cc1.Oc1ccc(C(F)(F)F)cc1.c1ccc2[cH-]ccc2c1.c1ccc2[cH-]ccc2c1. The monoisotopic (exact) mass is 702 g/mol. The summed E-state index contributed by atoms with van der Waals surface area (Å²) in [4.78, 5) is 0. The molecule has 0 spiro atoms. The minimum absolute atomic E-state index is 0.169. The summed E-state index contributed by atoms with van der Waals surface area (Å²) >= 11 is 1.74. The molecule has 0 aliphatic rings. The number of hydrogen-bond acceptors (Lipinski definition) is 2. The van der Waals surface area contributed by atoms with Crippen molar-refractivity contribution in [2.45, 2.75) is 25.4 Å². The average molecular weight is 704 g/mol. The van der Waals surface area contributed by atoms with Crippen LogP contribution >= 0.6 is 0 Å². The number of fused-ring (bicyclic) bond motifs is 2. The van der Waals surface area contributed by atoms with Crippen LogP contribution in [0.5, 0.6) is 11.5 Å². The van der Waals surface area contributed by atoms with E-state index in [-0.39, 0.29) is 16.9 Å². The third kappa shape index (κ3) is 13.8. The van der Waals surface area contributed by atoms with Crippen molar-refractivity contribution in [3.05, 3.63) is 145 Å². The number of aromatic hydroxyl groups is 2. The molecular formula is C34H30F6O2SiZr. The van der Waals surface area contributed by atoms with Crippen molar-refractivity contribution in [2.75, 3.05) is 0 Å². The number of benzene rings is 4. The van der Waals surface area contributed by atoms with Crippen LogP contribution in [-0.4, -0.2) is 15.6 Å². The van der Waals surface area contributed by atoms with Crippen molar-refractivity contribution in [3.63, 3.8) is 0 Å². The van der Waals surface area contributed by atoms with Gasteiger partial charge in [-0.2, -0.15) is 61.4 Å². The van der Waals surface area contributed by atoms with Crippen LogP contribution in [0.15, 0.2) is 133 Å². The number of phenolic OH excluding ortho intramolecular Hbond substituents is 2. The van der Waals surface area contributed by atoms with Gasteiger partial charge in [-0.3, -0.25) is 0 Å². The molecular weight excluding hydrogens is 674 g/mol. The Bertz CT molecular complexity index is 1500. The molecule has 0 aliphatic carbocycles. The molecule has 0 atom stereocenters. The first kappa shape index (κ1) is 36.6. The smallest absolute Gasteiger partial charge is 0.416 e. The normalized spacial score (nSPS) is 10.6. The van der Waals surface area contributed by atoms with Crippen LogP contribution in [0.4, 0.5) is 26.3 Å². The Morgan fingerprint density at radius 3 is 1.09 bits per heavy atom. The Labute approximate surface area is 267 Å². The van der Waals surface area contributed by atoms with E-state index in [1.807, 2.05) is 0 Å². The molecule has 0 saturated carbocycles. The average Bonchev–Trinajstić information content (AvgIpc) is 3.63. The van der Waals surface area contributed by atoms with Crippen molar-refractivity contribution >= 4 is 27.0 Å². The van der Waals surface area contributed by atoms with Crippen LogP contribution in [0.25, 0.3) is 21.5 Å². The van der Waals surface area contributed by atoms with Gasteiger partial charge in [0.25, 0.3) is 0 Å². The molecule has 0 radical (unpaired) electrons. The molecule has 228 valence electrons. The first-order chi connectivity index (χ1) is 20.7.